The largest absolute Gasteiger partial charge is 0.324 e. The monoisotopic (exact) mass is 502 g/mol. The number of hydrogen-bond donors (Lipinski definition) is 1. The molecule has 0 heterocycles. The van der Waals surface area contributed by atoms with E-state index in [0.717, 1.165) is 21.2 Å². The summed E-state index contributed by atoms with van der Waals surface area (Å²) in [5, 5.41) is 2.88. The molecule has 0 aliphatic rings. The summed E-state index contributed by atoms with van der Waals surface area (Å²) in [5.41, 5.74) is 3.15. The smallest absolute Gasteiger partial charge is 0.264 e. The molecule has 0 atom stereocenters. The van der Waals surface area contributed by atoms with Crippen LogP contribution in [-0.2, 0) is 20.6 Å². The lowest BCUT2D eigenvalue weighted by Crippen LogP contribution is -2.38. The summed E-state index contributed by atoms with van der Waals surface area (Å²) in [6.07, 6.45) is 0. The molecule has 0 aromatic heterocycles. The van der Waals surface area contributed by atoms with Crippen molar-refractivity contribution in [3.63, 3.8) is 0 Å². The fourth-order valence-electron chi connectivity index (χ4n) is 3.59. The van der Waals surface area contributed by atoms with E-state index in [-0.39, 0.29) is 11.4 Å². The Hall–Kier alpha value is -3.55. The van der Waals surface area contributed by atoms with Crippen molar-refractivity contribution in [2.75, 3.05) is 16.2 Å². The molecule has 0 fully saturated rings. The molecule has 1 N–H and O–H groups in total. The Labute approximate surface area is 210 Å². The van der Waals surface area contributed by atoms with E-state index in [1.165, 1.54) is 17.0 Å². The fraction of sp³-hybridized carbons (Fsp3) is 0.107. The van der Waals surface area contributed by atoms with Gasteiger partial charge in [-0.1, -0.05) is 66.7 Å². The number of benzene rings is 4. The van der Waals surface area contributed by atoms with Crippen LogP contribution in [-0.4, -0.2) is 20.9 Å². The summed E-state index contributed by atoms with van der Waals surface area (Å²) in [6, 6.07) is 32.9. The fourth-order valence-corrected chi connectivity index (χ4v) is 5.89. The van der Waals surface area contributed by atoms with E-state index in [9.17, 15) is 13.2 Å². The van der Waals surface area contributed by atoms with Gasteiger partial charge in [0.25, 0.3) is 10.0 Å². The van der Waals surface area contributed by atoms with Crippen molar-refractivity contribution in [2.45, 2.75) is 22.5 Å². The summed E-state index contributed by atoms with van der Waals surface area (Å²) in [6.45, 7) is 1.59. The highest BCUT2D eigenvalue weighted by Crippen LogP contribution is 2.26. The van der Waals surface area contributed by atoms with Crippen LogP contribution >= 0.6 is 11.8 Å². The van der Waals surface area contributed by atoms with E-state index in [4.69, 9.17) is 0 Å². The lowest BCUT2D eigenvalue weighted by molar-refractivity contribution is -0.114. The zero-order chi connectivity index (χ0) is 24.7. The number of sulfonamides is 1. The lowest BCUT2D eigenvalue weighted by atomic mass is 10.1. The van der Waals surface area contributed by atoms with Gasteiger partial charge in [0.2, 0.25) is 5.91 Å². The minimum absolute atomic E-state index is 0.133. The number of thioether (sulfide) groups is 1. The third-order valence-electron chi connectivity index (χ3n) is 5.38. The molecule has 0 aliphatic carbocycles. The summed E-state index contributed by atoms with van der Waals surface area (Å²) in [5.74, 6) is 0.402. The highest BCUT2D eigenvalue weighted by Gasteiger charge is 2.27. The highest BCUT2D eigenvalue weighted by atomic mass is 32.2. The molecule has 0 unspecified atom stereocenters. The lowest BCUT2D eigenvalue weighted by Gasteiger charge is -2.24. The van der Waals surface area contributed by atoms with Gasteiger partial charge in [-0.3, -0.25) is 9.10 Å². The van der Waals surface area contributed by atoms with E-state index in [0.29, 0.717) is 11.4 Å². The standard InChI is InChI=1S/C28H26N2O3S2/c1-22-19-23(21-34-25-13-7-3-8-14-25)17-18-27(22)29-28(31)20-30(24-11-5-2-6-12-24)35(32,33)26-15-9-4-10-16-26/h2-19H,20-21H2,1H3,(H,29,31). The van der Waals surface area contributed by atoms with Gasteiger partial charge in [0.15, 0.2) is 0 Å². The molecule has 0 spiro atoms. The topological polar surface area (TPSA) is 66.5 Å². The van der Waals surface area contributed by atoms with Gasteiger partial charge >= 0.3 is 0 Å². The number of carbonyl (C=O) groups is 1. The van der Waals surface area contributed by atoms with Crippen LogP contribution in [0.3, 0.4) is 0 Å². The van der Waals surface area contributed by atoms with Crippen molar-refractivity contribution in [1.29, 1.82) is 0 Å². The SMILES string of the molecule is Cc1cc(CSc2ccccc2)ccc1NC(=O)CN(c1ccccc1)S(=O)(=O)c1ccccc1. The van der Waals surface area contributed by atoms with Gasteiger partial charge in [0.05, 0.1) is 10.6 Å². The summed E-state index contributed by atoms with van der Waals surface area (Å²) in [4.78, 5) is 14.3. The molecule has 5 nitrogen and oxygen atoms in total. The van der Waals surface area contributed by atoms with Crippen LogP contribution in [0, 0.1) is 6.92 Å². The number of hydrogen-bond acceptors (Lipinski definition) is 4. The van der Waals surface area contributed by atoms with Crippen molar-refractivity contribution >= 4 is 39.1 Å². The van der Waals surface area contributed by atoms with Gasteiger partial charge in [0.1, 0.15) is 6.54 Å². The quantitative estimate of drug-likeness (QED) is 0.280. The highest BCUT2D eigenvalue weighted by molar-refractivity contribution is 7.98. The minimum Gasteiger partial charge on any atom is -0.324 e. The molecule has 0 aliphatic heterocycles. The van der Waals surface area contributed by atoms with Crippen LogP contribution in [0.25, 0.3) is 0 Å². The molecular weight excluding hydrogens is 476 g/mol. The number of rotatable bonds is 9. The van der Waals surface area contributed by atoms with E-state index in [2.05, 4.69) is 17.4 Å². The predicted octanol–water partition coefficient (Wildman–Crippen LogP) is 6.12. The van der Waals surface area contributed by atoms with Gasteiger partial charge in [-0.25, -0.2) is 8.42 Å². The third-order valence-corrected chi connectivity index (χ3v) is 8.25. The Kier molecular flexibility index (Phi) is 7.90. The number of aryl methyl sites for hydroxylation is 1. The molecule has 4 rings (SSSR count). The van der Waals surface area contributed by atoms with E-state index in [1.54, 1.807) is 60.3 Å². The number of amides is 1. The first-order valence-corrected chi connectivity index (χ1v) is 13.6. The maximum Gasteiger partial charge on any atom is 0.264 e. The minimum atomic E-state index is -3.92. The van der Waals surface area contributed by atoms with Crippen LogP contribution < -0.4 is 9.62 Å². The van der Waals surface area contributed by atoms with Crippen molar-refractivity contribution < 1.29 is 13.2 Å². The maximum absolute atomic E-state index is 13.4. The summed E-state index contributed by atoms with van der Waals surface area (Å²) < 4.78 is 27.9. The van der Waals surface area contributed by atoms with Crippen LogP contribution in [0.5, 0.6) is 0 Å². The number of nitrogens with one attached hydrogen (secondary N) is 1. The molecule has 35 heavy (non-hydrogen) atoms. The first-order chi connectivity index (χ1) is 16.9. The molecule has 7 heteroatoms. The van der Waals surface area contributed by atoms with E-state index in [1.807, 2.05) is 43.3 Å². The van der Waals surface area contributed by atoms with Crippen molar-refractivity contribution in [2.24, 2.45) is 0 Å². The second-order valence-electron chi connectivity index (χ2n) is 7.96. The zero-order valence-electron chi connectivity index (χ0n) is 19.3. The molecule has 0 saturated carbocycles. The van der Waals surface area contributed by atoms with Crippen LogP contribution in [0.1, 0.15) is 11.1 Å². The number of carbonyl (C=O) groups excluding carboxylic acids is 1. The normalized spacial score (nSPS) is 11.1. The average Bonchev–Trinajstić information content (AvgIpc) is 2.89. The van der Waals surface area contributed by atoms with Crippen LogP contribution in [0.2, 0.25) is 0 Å². The molecule has 4 aromatic rings. The molecule has 1 amide bonds. The van der Waals surface area contributed by atoms with E-state index < -0.39 is 15.9 Å². The summed E-state index contributed by atoms with van der Waals surface area (Å²) >= 11 is 1.75. The second kappa shape index (κ2) is 11.3. The van der Waals surface area contributed by atoms with Crippen LogP contribution in [0.4, 0.5) is 11.4 Å². The zero-order valence-corrected chi connectivity index (χ0v) is 20.9. The van der Waals surface area contributed by atoms with Gasteiger partial charge < -0.3 is 5.32 Å². The first-order valence-electron chi connectivity index (χ1n) is 11.1. The Morgan fingerprint density at radius 3 is 2.06 bits per heavy atom. The van der Waals surface area contributed by atoms with Crippen molar-refractivity contribution in [3.05, 3.63) is 120 Å². The van der Waals surface area contributed by atoms with Gasteiger partial charge in [-0.05, 0) is 60.5 Å². The molecule has 0 radical (unpaired) electrons. The van der Waals surface area contributed by atoms with Crippen LogP contribution in [0.15, 0.2) is 119 Å². The Balaban J connectivity index is 1.49. The Morgan fingerprint density at radius 2 is 1.43 bits per heavy atom. The average molecular weight is 503 g/mol. The number of anilines is 2. The first kappa shape index (κ1) is 24.6. The molecular formula is C28H26N2O3S2. The molecule has 0 saturated heterocycles. The third kappa shape index (κ3) is 6.32. The van der Waals surface area contributed by atoms with E-state index >= 15 is 0 Å². The molecule has 178 valence electrons. The maximum atomic E-state index is 13.4. The summed E-state index contributed by atoms with van der Waals surface area (Å²) in [7, 11) is -3.92. The van der Waals surface area contributed by atoms with Gasteiger partial charge in [0, 0.05) is 16.3 Å². The van der Waals surface area contributed by atoms with Crippen molar-refractivity contribution in [3.8, 4) is 0 Å². The second-order valence-corrected chi connectivity index (χ2v) is 10.9. The number of nitrogens with zero attached hydrogens (tertiary/aromatic N) is 1. The van der Waals surface area contributed by atoms with Crippen molar-refractivity contribution in [1.82, 2.24) is 0 Å². The predicted molar refractivity (Wildman–Crippen MR) is 143 cm³/mol. The Morgan fingerprint density at radius 1 is 0.829 bits per heavy atom. The van der Waals surface area contributed by atoms with Gasteiger partial charge in [-0.15, -0.1) is 11.8 Å². The number of para-hydroxylation sites is 1. The molecule has 4 aromatic carbocycles. The Bertz CT molecular complexity index is 1380. The molecule has 0 bridgehead atoms. The van der Waals surface area contributed by atoms with Gasteiger partial charge in [-0.2, -0.15) is 0 Å².